The molecule has 1 aromatic carbocycles. The molecule has 4 nitrogen and oxygen atoms in total. The second-order valence-corrected chi connectivity index (χ2v) is 3.84. The van der Waals surface area contributed by atoms with E-state index >= 15 is 0 Å². The molecule has 0 aliphatic carbocycles. The van der Waals surface area contributed by atoms with Gasteiger partial charge in [0, 0.05) is 24.1 Å². The van der Waals surface area contributed by atoms with Gasteiger partial charge in [0.25, 0.3) is 0 Å². The van der Waals surface area contributed by atoms with Gasteiger partial charge < -0.3 is 15.4 Å². The third-order valence-corrected chi connectivity index (χ3v) is 2.39. The lowest BCUT2D eigenvalue weighted by atomic mass is 10.1. The van der Waals surface area contributed by atoms with Crippen molar-refractivity contribution in [3.8, 4) is 11.3 Å². The van der Waals surface area contributed by atoms with Gasteiger partial charge in [-0.25, -0.2) is 4.39 Å². The molecule has 3 N–H and O–H groups in total. The fourth-order valence-corrected chi connectivity index (χ4v) is 1.49. The topological polar surface area (TPSA) is 72.3 Å². The van der Waals surface area contributed by atoms with Gasteiger partial charge in [0.05, 0.1) is 12.3 Å². The first-order valence-corrected chi connectivity index (χ1v) is 5.27. The number of halogens is 2. The molecule has 0 amide bonds. The largest absolute Gasteiger partial charge is 0.395 e. The number of nitrogens with zero attached hydrogens (tertiary/aromatic N) is 1. The average Bonchev–Trinajstić information content (AvgIpc) is 2.78. The summed E-state index contributed by atoms with van der Waals surface area (Å²) in [5.41, 5.74) is 7.02. The van der Waals surface area contributed by atoms with Crippen LogP contribution in [0, 0.1) is 5.82 Å². The summed E-state index contributed by atoms with van der Waals surface area (Å²) in [7, 11) is 0. The molecule has 0 bridgehead atoms. The molecule has 2 aromatic rings. The number of nitrogens with two attached hydrogens (primary N) is 1. The van der Waals surface area contributed by atoms with E-state index in [2.05, 4.69) is 5.16 Å². The Bertz CT molecular complexity index is 487. The minimum absolute atomic E-state index is 0. The summed E-state index contributed by atoms with van der Waals surface area (Å²) in [4.78, 5) is 0. The lowest BCUT2D eigenvalue weighted by Crippen LogP contribution is -2.26. The summed E-state index contributed by atoms with van der Waals surface area (Å²) in [5.74, 6) is 0.265. The summed E-state index contributed by atoms with van der Waals surface area (Å²) >= 11 is 0. The van der Waals surface area contributed by atoms with Gasteiger partial charge in [0.15, 0.2) is 5.76 Å². The van der Waals surface area contributed by atoms with E-state index in [1.165, 1.54) is 12.1 Å². The van der Waals surface area contributed by atoms with Gasteiger partial charge in [0.1, 0.15) is 5.82 Å². The maximum atomic E-state index is 12.7. The van der Waals surface area contributed by atoms with Crippen LogP contribution in [0.15, 0.2) is 34.9 Å². The van der Waals surface area contributed by atoms with Crippen LogP contribution in [-0.4, -0.2) is 22.9 Å². The van der Waals surface area contributed by atoms with Crippen molar-refractivity contribution in [2.75, 3.05) is 6.61 Å². The van der Waals surface area contributed by atoms with Crippen molar-refractivity contribution >= 4 is 12.4 Å². The van der Waals surface area contributed by atoms with Crippen molar-refractivity contribution < 1.29 is 14.0 Å². The fraction of sp³-hybridized carbons (Fsp3) is 0.250. The molecule has 1 atom stereocenters. The van der Waals surface area contributed by atoms with Crippen LogP contribution < -0.4 is 5.73 Å². The van der Waals surface area contributed by atoms with Crippen LogP contribution in [-0.2, 0) is 6.42 Å². The van der Waals surface area contributed by atoms with Crippen molar-refractivity contribution in [2.24, 2.45) is 5.73 Å². The molecule has 2 rings (SSSR count). The Morgan fingerprint density at radius 2 is 2.00 bits per heavy atom. The quantitative estimate of drug-likeness (QED) is 0.890. The molecule has 0 spiro atoms. The zero-order valence-electron chi connectivity index (χ0n) is 9.54. The molecule has 1 aromatic heterocycles. The number of benzene rings is 1. The van der Waals surface area contributed by atoms with Gasteiger partial charge in [-0.2, -0.15) is 0 Å². The SMILES string of the molecule is Cl.NC(CO)Cc1cc(-c2ccc(F)cc2)on1. The molecule has 1 heterocycles. The second-order valence-electron chi connectivity index (χ2n) is 3.84. The van der Waals surface area contributed by atoms with Crippen molar-refractivity contribution in [3.05, 3.63) is 41.8 Å². The zero-order valence-corrected chi connectivity index (χ0v) is 10.4. The third-order valence-electron chi connectivity index (χ3n) is 2.39. The van der Waals surface area contributed by atoms with Crippen molar-refractivity contribution in [1.82, 2.24) is 5.16 Å². The van der Waals surface area contributed by atoms with Gasteiger partial charge >= 0.3 is 0 Å². The first kappa shape index (κ1) is 14.6. The predicted molar refractivity (Wildman–Crippen MR) is 67.9 cm³/mol. The summed E-state index contributed by atoms with van der Waals surface area (Å²) in [5, 5.41) is 12.7. The monoisotopic (exact) mass is 272 g/mol. The van der Waals surface area contributed by atoms with Crippen LogP contribution in [0.3, 0.4) is 0 Å². The summed E-state index contributed by atoms with van der Waals surface area (Å²) in [6, 6.07) is 7.34. The third kappa shape index (κ3) is 3.53. The fourth-order valence-electron chi connectivity index (χ4n) is 1.49. The van der Waals surface area contributed by atoms with Crippen LogP contribution >= 0.6 is 12.4 Å². The van der Waals surface area contributed by atoms with Crippen LogP contribution in [0.2, 0.25) is 0 Å². The summed E-state index contributed by atoms with van der Waals surface area (Å²) < 4.78 is 17.9. The molecule has 0 fully saturated rings. The predicted octanol–water partition coefficient (Wildman–Crippen LogP) is 1.76. The van der Waals surface area contributed by atoms with Gasteiger partial charge in [-0.3, -0.25) is 0 Å². The van der Waals surface area contributed by atoms with Gasteiger partial charge in [-0.05, 0) is 24.3 Å². The number of hydrogen-bond donors (Lipinski definition) is 2. The summed E-state index contributed by atoms with van der Waals surface area (Å²) in [6.07, 6.45) is 0.446. The van der Waals surface area contributed by atoms with Crippen LogP contribution in [0.1, 0.15) is 5.69 Å². The standard InChI is InChI=1S/C12H13FN2O2.ClH/c13-9-3-1-8(2-4-9)12-6-11(15-17-12)5-10(14)7-16;/h1-4,6,10,16H,5,7,14H2;1H. The minimum atomic E-state index is -0.346. The van der Waals surface area contributed by atoms with E-state index in [9.17, 15) is 4.39 Å². The zero-order chi connectivity index (χ0) is 12.3. The first-order chi connectivity index (χ1) is 8.19. The van der Waals surface area contributed by atoms with Gasteiger partial charge in [-0.1, -0.05) is 5.16 Å². The Labute approximate surface area is 110 Å². The molecule has 0 radical (unpaired) electrons. The molecule has 0 saturated heterocycles. The highest BCUT2D eigenvalue weighted by atomic mass is 35.5. The van der Waals surface area contributed by atoms with Crippen molar-refractivity contribution in [2.45, 2.75) is 12.5 Å². The van der Waals surface area contributed by atoms with Crippen molar-refractivity contribution in [3.63, 3.8) is 0 Å². The highest BCUT2D eigenvalue weighted by molar-refractivity contribution is 5.85. The summed E-state index contributed by atoms with van der Waals surface area (Å²) in [6.45, 7) is -0.0985. The van der Waals surface area contributed by atoms with E-state index in [1.807, 2.05) is 0 Å². The van der Waals surface area contributed by atoms with E-state index in [-0.39, 0.29) is 30.9 Å². The van der Waals surface area contributed by atoms with Crippen molar-refractivity contribution in [1.29, 1.82) is 0 Å². The molecule has 18 heavy (non-hydrogen) atoms. The molecule has 0 aliphatic heterocycles. The number of aliphatic hydroxyl groups excluding tert-OH is 1. The molecule has 6 heteroatoms. The molecular formula is C12H14ClFN2O2. The Morgan fingerprint density at radius 1 is 1.33 bits per heavy atom. The molecule has 0 saturated carbocycles. The van der Waals surface area contributed by atoms with E-state index in [0.717, 1.165) is 5.56 Å². The Kier molecular flexibility index (Phi) is 5.27. The maximum absolute atomic E-state index is 12.7. The lowest BCUT2D eigenvalue weighted by molar-refractivity contribution is 0.263. The van der Waals surface area contributed by atoms with Crippen LogP contribution in [0.4, 0.5) is 4.39 Å². The van der Waals surface area contributed by atoms with E-state index < -0.39 is 0 Å². The first-order valence-electron chi connectivity index (χ1n) is 5.27. The molecule has 0 aliphatic rings. The number of rotatable bonds is 4. The van der Waals surface area contributed by atoms with E-state index in [1.54, 1.807) is 18.2 Å². The van der Waals surface area contributed by atoms with Crippen LogP contribution in [0.5, 0.6) is 0 Å². The second kappa shape index (κ2) is 6.49. The lowest BCUT2D eigenvalue weighted by Gasteiger charge is -2.02. The highest BCUT2D eigenvalue weighted by Gasteiger charge is 2.09. The Hall–Kier alpha value is -1.43. The highest BCUT2D eigenvalue weighted by Crippen LogP contribution is 2.20. The van der Waals surface area contributed by atoms with Gasteiger partial charge in [0.2, 0.25) is 0 Å². The minimum Gasteiger partial charge on any atom is -0.395 e. The molecule has 1 unspecified atom stereocenters. The van der Waals surface area contributed by atoms with Crippen LogP contribution in [0.25, 0.3) is 11.3 Å². The van der Waals surface area contributed by atoms with E-state index in [4.69, 9.17) is 15.4 Å². The number of aromatic nitrogens is 1. The van der Waals surface area contributed by atoms with E-state index in [0.29, 0.717) is 17.9 Å². The maximum Gasteiger partial charge on any atom is 0.167 e. The number of hydrogen-bond acceptors (Lipinski definition) is 4. The molecular weight excluding hydrogens is 259 g/mol. The Morgan fingerprint density at radius 3 is 2.61 bits per heavy atom. The smallest absolute Gasteiger partial charge is 0.167 e. The Balaban J connectivity index is 0.00000162. The van der Waals surface area contributed by atoms with Gasteiger partial charge in [-0.15, -0.1) is 12.4 Å². The number of aliphatic hydroxyl groups is 1. The normalized spacial score (nSPS) is 11.9. The molecule has 98 valence electrons. The average molecular weight is 273 g/mol.